The van der Waals surface area contributed by atoms with Gasteiger partial charge in [-0.05, 0) is 26.0 Å². The van der Waals surface area contributed by atoms with Gasteiger partial charge in [0, 0.05) is 0 Å². The quantitative estimate of drug-likeness (QED) is 0.845. The molecule has 0 aliphatic rings. The van der Waals surface area contributed by atoms with Crippen LogP contribution in [0.2, 0.25) is 0 Å². The van der Waals surface area contributed by atoms with Crippen molar-refractivity contribution in [2.45, 2.75) is 19.4 Å². The van der Waals surface area contributed by atoms with Crippen molar-refractivity contribution in [2.24, 2.45) is 0 Å². The third-order valence-corrected chi connectivity index (χ3v) is 1.99. The van der Waals surface area contributed by atoms with E-state index in [0.29, 0.717) is 0 Å². The van der Waals surface area contributed by atoms with Crippen molar-refractivity contribution >= 4 is 12.1 Å². The number of carbonyl (C=O) groups is 2. The largest absolute Gasteiger partial charge is 0.480 e. The lowest BCUT2D eigenvalue weighted by molar-refractivity contribution is -0.143. The van der Waals surface area contributed by atoms with Crippen molar-refractivity contribution in [1.82, 2.24) is 5.32 Å². The number of carbonyl (C=O) groups excluding carboxylic acids is 1. The Labute approximate surface area is 97.2 Å². The second-order valence-electron chi connectivity index (χ2n) is 3.88. The number of benzene rings is 1. The molecule has 0 aliphatic heterocycles. The van der Waals surface area contributed by atoms with Crippen LogP contribution in [-0.4, -0.2) is 22.7 Å². The second-order valence-corrected chi connectivity index (χ2v) is 3.88. The van der Waals surface area contributed by atoms with E-state index in [1.807, 2.05) is 0 Å². The van der Waals surface area contributed by atoms with Gasteiger partial charge in [-0.25, -0.2) is 14.0 Å². The van der Waals surface area contributed by atoms with E-state index in [2.05, 4.69) is 10.1 Å². The van der Waals surface area contributed by atoms with Crippen LogP contribution in [0.4, 0.5) is 9.18 Å². The van der Waals surface area contributed by atoms with Gasteiger partial charge >= 0.3 is 12.1 Å². The lowest BCUT2D eigenvalue weighted by Gasteiger charge is -2.20. The monoisotopic (exact) mass is 241 g/mol. The van der Waals surface area contributed by atoms with Crippen molar-refractivity contribution in [3.8, 4) is 5.75 Å². The Morgan fingerprint density at radius 3 is 2.47 bits per heavy atom. The van der Waals surface area contributed by atoms with Crippen LogP contribution < -0.4 is 10.1 Å². The third kappa shape index (κ3) is 3.44. The van der Waals surface area contributed by atoms with Crippen LogP contribution in [0.15, 0.2) is 24.3 Å². The molecule has 0 fully saturated rings. The van der Waals surface area contributed by atoms with Crippen LogP contribution in [-0.2, 0) is 4.79 Å². The molecule has 0 spiro atoms. The SMILES string of the molecule is CC(C)(NC(=O)Oc1ccccc1F)C(=O)O. The molecule has 6 heteroatoms. The normalized spacial score (nSPS) is 10.8. The number of para-hydroxylation sites is 1. The molecule has 1 aromatic carbocycles. The average molecular weight is 241 g/mol. The minimum atomic E-state index is -1.48. The summed E-state index contributed by atoms with van der Waals surface area (Å²) in [5.74, 6) is -2.18. The number of aliphatic carboxylic acids is 1. The van der Waals surface area contributed by atoms with Crippen LogP contribution >= 0.6 is 0 Å². The molecule has 0 bridgehead atoms. The molecule has 1 aromatic rings. The number of ether oxygens (including phenoxy) is 1. The van der Waals surface area contributed by atoms with Gasteiger partial charge in [0.15, 0.2) is 11.6 Å². The number of carboxylic acid groups (broad SMARTS) is 1. The van der Waals surface area contributed by atoms with Crippen LogP contribution in [0.5, 0.6) is 5.75 Å². The maximum Gasteiger partial charge on any atom is 0.413 e. The summed E-state index contributed by atoms with van der Waals surface area (Å²) in [5.41, 5.74) is -1.48. The van der Waals surface area contributed by atoms with Gasteiger partial charge in [0.05, 0.1) is 0 Å². The van der Waals surface area contributed by atoms with Crippen molar-refractivity contribution in [1.29, 1.82) is 0 Å². The standard InChI is InChI=1S/C11H12FNO4/c1-11(2,9(14)15)13-10(16)17-8-6-4-3-5-7(8)12/h3-6H,1-2H3,(H,13,16)(H,14,15). The summed E-state index contributed by atoms with van der Waals surface area (Å²) in [6.45, 7) is 2.58. The van der Waals surface area contributed by atoms with E-state index in [1.54, 1.807) is 0 Å². The summed E-state index contributed by atoms with van der Waals surface area (Å²) < 4.78 is 17.8. The van der Waals surface area contributed by atoms with E-state index in [1.165, 1.54) is 32.0 Å². The van der Waals surface area contributed by atoms with Gasteiger partial charge in [0.1, 0.15) is 5.54 Å². The van der Waals surface area contributed by atoms with E-state index in [-0.39, 0.29) is 5.75 Å². The van der Waals surface area contributed by atoms with E-state index in [9.17, 15) is 14.0 Å². The summed E-state index contributed by atoms with van der Waals surface area (Å²) in [4.78, 5) is 22.1. The Bertz CT molecular complexity index is 445. The molecule has 17 heavy (non-hydrogen) atoms. The molecule has 0 heterocycles. The van der Waals surface area contributed by atoms with Gasteiger partial charge in [-0.2, -0.15) is 0 Å². The first kappa shape index (κ1) is 13.0. The highest BCUT2D eigenvalue weighted by Crippen LogP contribution is 2.15. The fourth-order valence-corrected chi connectivity index (χ4v) is 0.962. The fourth-order valence-electron chi connectivity index (χ4n) is 0.962. The van der Waals surface area contributed by atoms with Crippen LogP contribution in [0, 0.1) is 5.82 Å². The molecule has 0 saturated carbocycles. The summed E-state index contributed by atoms with van der Waals surface area (Å²) in [5, 5.41) is 10.9. The first-order valence-corrected chi connectivity index (χ1v) is 4.81. The molecule has 0 aliphatic carbocycles. The number of rotatable bonds is 3. The number of carboxylic acids is 1. The minimum Gasteiger partial charge on any atom is -0.480 e. The summed E-state index contributed by atoms with van der Waals surface area (Å²) in [6.07, 6.45) is -1.03. The summed E-state index contributed by atoms with van der Waals surface area (Å²) in [6, 6.07) is 5.34. The van der Waals surface area contributed by atoms with Gasteiger partial charge in [0.25, 0.3) is 0 Å². The fraction of sp³-hybridized carbons (Fsp3) is 0.273. The van der Waals surface area contributed by atoms with Crippen molar-refractivity contribution in [2.75, 3.05) is 0 Å². The Balaban J connectivity index is 2.69. The highest BCUT2D eigenvalue weighted by atomic mass is 19.1. The molecule has 2 N–H and O–H groups in total. The zero-order valence-corrected chi connectivity index (χ0v) is 9.36. The summed E-state index contributed by atoms with van der Waals surface area (Å²) >= 11 is 0. The Morgan fingerprint density at radius 2 is 1.94 bits per heavy atom. The number of hydrogen-bond acceptors (Lipinski definition) is 3. The van der Waals surface area contributed by atoms with Gasteiger partial charge in [0.2, 0.25) is 0 Å². The van der Waals surface area contributed by atoms with E-state index >= 15 is 0 Å². The molecule has 1 amide bonds. The van der Waals surface area contributed by atoms with Gasteiger partial charge in [-0.3, -0.25) is 0 Å². The molecule has 0 atom stereocenters. The van der Waals surface area contributed by atoms with Crippen molar-refractivity contribution < 1.29 is 23.8 Å². The van der Waals surface area contributed by atoms with E-state index in [4.69, 9.17) is 5.11 Å². The second kappa shape index (κ2) is 4.82. The van der Waals surface area contributed by atoms with Crippen LogP contribution in [0.1, 0.15) is 13.8 Å². The first-order valence-electron chi connectivity index (χ1n) is 4.81. The Kier molecular flexibility index (Phi) is 3.67. The van der Waals surface area contributed by atoms with E-state index < -0.39 is 23.4 Å². The van der Waals surface area contributed by atoms with E-state index in [0.717, 1.165) is 6.07 Å². The van der Waals surface area contributed by atoms with Crippen molar-refractivity contribution in [3.05, 3.63) is 30.1 Å². The lowest BCUT2D eigenvalue weighted by atomic mass is 10.1. The molecular formula is C11H12FNO4. The molecule has 1 rings (SSSR count). The maximum absolute atomic E-state index is 13.1. The van der Waals surface area contributed by atoms with Crippen molar-refractivity contribution in [3.63, 3.8) is 0 Å². The van der Waals surface area contributed by atoms with Gasteiger partial charge in [-0.1, -0.05) is 12.1 Å². The number of nitrogens with one attached hydrogen (secondary N) is 1. The van der Waals surface area contributed by atoms with Crippen LogP contribution in [0.3, 0.4) is 0 Å². The smallest absolute Gasteiger partial charge is 0.413 e. The molecule has 92 valence electrons. The lowest BCUT2D eigenvalue weighted by Crippen LogP contribution is -2.50. The predicted octanol–water partition coefficient (Wildman–Crippen LogP) is 1.78. The minimum absolute atomic E-state index is 0.258. The third-order valence-electron chi connectivity index (χ3n) is 1.99. The van der Waals surface area contributed by atoms with Gasteiger partial charge in [-0.15, -0.1) is 0 Å². The first-order chi connectivity index (χ1) is 7.83. The molecule has 0 aromatic heterocycles. The Hall–Kier alpha value is -2.11. The predicted molar refractivity (Wildman–Crippen MR) is 57.3 cm³/mol. The van der Waals surface area contributed by atoms with Gasteiger partial charge < -0.3 is 15.2 Å². The zero-order chi connectivity index (χ0) is 13.1. The topological polar surface area (TPSA) is 75.6 Å². The molecule has 0 saturated heterocycles. The number of hydrogen-bond donors (Lipinski definition) is 2. The average Bonchev–Trinajstić information content (AvgIpc) is 2.20. The number of amides is 1. The highest BCUT2D eigenvalue weighted by molar-refractivity contribution is 5.84. The molecule has 0 unspecified atom stereocenters. The summed E-state index contributed by atoms with van der Waals surface area (Å²) in [7, 11) is 0. The van der Waals surface area contributed by atoms with Crippen LogP contribution in [0.25, 0.3) is 0 Å². The number of halogens is 1. The maximum atomic E-state index is 13.1. The molecule has 5 nitrogen and oxygen atoms in total. The zero-order valence-electron chi connectivity index (χ0n) is 9.36. The molecular weight excluding hydrogens is 229 g/mol. The Morgan fingerprint density at radius 1 is 1.35 bits per heavy atom. The molecule has 0 radical (unpaired) electrons. The highest BCUT2D eigenvalue weighted by Gasteiger charge is 2.30.